The van der Waals surface area contributed by atoms with Gasteiger partial charge in [-0.25, -0.2) is 9.78 Å². The molecule has 6 nitrogen and oxygen atoms in total. The number of carboxylic acids is 1. The Morgan fingerprint density at radius 1 is 0.941 bits per heavy atom. The Labute approximate surface area is 202 Å². The first-order valence-corrected chi connectivity index (χ1v) is 11.8. The number of halogens is 1. The minimum atomic E-state index is -0.975. The van der Waals surface area contributed by atoms with Crippen LogP contribution in [0.2, 0.25) is 5.02 Å². The number of fused-ring (bicyclic) bond motifs is 1. The molecule has 1 aliphatic carbocycles. The average Bonchev–Trinajstić information content (AvgIpc) is 3.25. The first-order chi connectivity index (χ1) is 16.5. The Morgan fingerprint density at radius 3 is 2.44 bits per heavy atom. The summed E-state index contributed by atoms with van der Waals surface area (Å²) in [4.78, 5) is 29.3. The molecule has 0 aliphatic heterocycles. The largest absolute Gasteiger partial charge is 0.478 e. The minimum Gasteiger partial charge on any atom is -0.478 e. The van der Waals surface area contributed by atoms with E-state index in [2.05, 4.69) is 9.88 Å². The van der Waals surface area contributed by atoms with Crippen LogP contribution in [-0.4, -0.2) is 26.5 Å². The van der Waals surface area contributed by atoms with Crippen LogP contribution in [0.1, 0.15) is 58.9 Å². The molecule has 2 N–H and O–H groups in total. The third kappa shape index (κ3) is 4.41. The number of carbonyl (C=O) groups is 2. The molecule has 0 atom stereocenters. The van der Waals surface area contributed by atoms with Gasteiger partial charge in [0.1, 0.15) is 5.82 Å². The molecule has 1 heterocycles. The molecule has 1 aromatic heterocycles. The van der Waals surface area contributed by atoms with Gasteiger partial charge in [-0.1, -0.05) is 43.0 Å². The van der Waals surface area contributed by atoms with E-state index in [1.54, 1.807) is 42.5 Å². The third-order valence-electron chi connectivity index (χ3n) is 6.36. The van der Waals surface area contributed by atoms with E-state index in [0.717, 1.165) is 42.6 Å². The molecular formula is C27H24ClN3O3. The molecule has 0 saturated heterocycles. The number of hydrogen-bond donors (Lipinski definition) is 2. The van der Waals surface area contributed by atoms with Gasteiger partial charge in [-0.05, 0) is 67.4 Å². The van der Waals surface area contributed by atoms with Crippen molar-refractivity contribution in [3.8, 4) is 11.4 Å². The Hall–Kier alpha value is -3.64. The van der Waals surface area contributed by atoms with E-state index < -0.39 is 5.97 Å². The van der Waals surface area contributed by atoms with Crippen LogP contribution in [0.25, 0.3) is 22.4 Å². The van der Waals surface area contributed by atoms with Crippen LogP contribution in [0, 0.1) is 0 Å². The standard InChI is InChI=1S/C27H24ClN3O3/c28-20-10-12-21(13-11-20)29-26(32)18-6-4-5-17(15-18)25-30-23-16-19(27(33)34)9-14-24(23)31(25)22-7-2-1-3-8-22/h4-6,9-16,22H,1-3,7-8H2,(H,29,32)(H,33,34). The van der Waals surface area contributed by atoms with Gasteiger partial charge in [0, 0.05) is 27.9 Å². The van der Waals surface area contributed by atoms with E-state index in [0.29, 0.717) is 21.8 Å². The predicted molar refractivity (Wildman–Crippen MR) is 134 cm³/mol. The number of benzene rings is 3. The average molecular weight is 474 g/mol. The molecule has 34 heavy (non-hydrogen) atoms. The number of nitrogens with zero attached hydrogens (tertiary/aromatic N) is 2. The quantitative estimate of drug-likeness (QED) is 0.333. The molecule has 1 saturated carbocycles. The van der Waals surface area contributed by atoms with Gasteiger partial charge >= 0.3 is 5.97 Å². The van der Waals surface area contributed by atoms with E-state index >= 15 is 0 Å². The molecule has 4 aromatic rings. The maximum absolute atomic E-state index is 12.9. The molecule has 1 amide bonds. The first-order valence-electron chi connectivity index (χ1n) is 11.4. The van der Waals surface area contributed by atoms with Crippen LogP contribution in [0.3, 0.4) is 0 Å². The molecule has 0 spiro atoms. The summed E-state index contributed by atoms with van der Waals surface area (Å²) in [5, 5.41) is 12.9. The number of amides is 1. The van der Waals surface area contributed by atoms with Gasteiger partial charge in [0.25, 0.3) is 5.91 Å². The number of aromatic nitrogens is 2. The van der Waals surface area contributed by atoms with Crippen LogP contribution in [0.5, 0.6) is 0 Å². The lowest BCUT2D eigenvalue weighted by Crippen LogP contribution is -2.14. The molecular weight excluding hydrogens is 450 g/mol. The zero-order chi connectivity index (χ0) is 23.7. The fraction of sp³-hybridized carbons (Fsp3) is 0.222. The van der Waals surface area contributed by atoms with E-state index in [1.807, 2.05) is 24.3 Å². The van der Waals surface area contributed by atoms with Gasteiger partial charge in [-0.15, -0.1) is 0 Å². The van der Waals surface area contributed by atoms with Crippen molar-refractivity contribution in [1.29, 1.82) is 0 Å². The number of imidazole rings is 1. The number of nitrogens with one attached hydrogen (secondary N) is 1. The van der Waals surface area contributed by atoms with Crippen LogP contribution in [-0.2, 0) is 0 Å². The van der Waals surface area contributed by atoms with Crippen LogP contribution in [0.15, 0.2) is 66.7 Å². The van der Waals surface area contributed by atoms with Crippen LogP contribution in [0.4, 0.5) is 5.69 Å². The molecule has 1 fully saturated rings. The van der Waals surface area contributed by atoms with Crippen LogP contribution >= 0.6 is 11.6 Å². The van der Waals surface area contributed by atoms with Crippen molar-refractivity contribution in [2.45, 2.75) is 38.1 Å². The Kier molecular flexibility index (Phi) is 6.07. The second-order valence-electron chi connectivity index (χ2n) is 8.65. The summed E-state index contributed by atoms with van der Waals surface area (Å²) in [6.07, 6.45) is 5.63. The topological polar surface area (TPSA) is 84.2 Å². The first kappa shape index (κ1) is 22.2. The number of aromatic carboxylic acids is 1. The van der Waals surface area contributed by atoms with E-state index in [9.17, 15) is 14.7 Å². The van der Waals surface area contributed by atoms with Crippen molar-refractivity contribution < 1.29 is 14.7 Å². The Morgan fingerprint density at radius 2 is 1.71 bits per heavy atom. The minimum absolute atomic E-state index is 0.212. The highest BCUT2D eigenvalue weighted by molar-refractivity contribution is 6.30. The van der Waals surface area contributed by atoms with Crippen molar-refractivity contribution >= 4 is 40.2 Å². The Balaban J connectivity index is 1.55. The van der Waals surface area contributed by atoms with Gasteiger partial charge in [-0.2, -0.15) is 0 Å². The Bertz CT molecular complexity index is 1370. The van der Waals surface area contributed by atoms with Crippen molar-refractivity contribution in [2.75, 3.05) is 5.32 Å². The molecule has 7 heteroatoms. The van der Waals surface area contributed by atoms with Crippen molar-refractivity contribution in [1.82, 2.24) is 9.55 Å². The van der Waals surface area contributed by atoms with E-state index in [4.69, 9.17) is 16.6 Å². The van der Waals surface area contributed by atoms with Gasteiger partial charge in [-0.3, -0.25) is 4.79 Å². The van der Waals surface area contributed by atoms with Crippen molar-refractivity contribution in [3.05, 3.63) is 82.9 Å². The summed E-state index contributed by atoms with van der Waals surface area (Å²) in [6, 6.07) is 19.8. The molecule has 1 aliphatic rings. The van der Waals surface area contributed by atoms with Gasteiger partial charge in [0.15, 0.2) is 0 Å². The second kappa shape index (κ2) is 9.31. The number of rotatable bonds is 5. The summed E-state index contributed by atoms with van der Waals surface area (Å²) in [7, 11) is 0. The highest BCUT2D eigenvalue weighted by atomic mass is 35.5. The summed E-state index contributed by atoms with van der Waals surface area (Å²) < 4.78 is 2.23. The number of carboxylic acid groups (broad SMARTS) is 1. The summed E-state index contributed by atoms with van der Waals surface area (Å²) in [6.45, 7) is 0. The molecule has 3 aromatic carbocycles. The van der Waals surface area contributed by atoms with Crippen molar-refractivity contribution in [3.63, 3.8) is 0 Å². The highest BCUT2D eigenvalue weighted by Crippen LogP contribution is 2.36. The smallest absolute Gasteiger partial charge is 0.335 e. The fourth-order valence-corrected chi connectivity index (χ4v) is 4.81. The summed E-state index contributed by atoms with van der Waals surface area (Å²) in [5.41, 5.74) is 3.78. The SMILES string of the molecule is O=C(O)c1ccc2c(c1)nc(-c1cccc(C(=O)Nc3ccc(Cl)cc3)c1)n2C1CCCCC1. The fourth-order valence-electron chi connectivity index (χ4n) is 4.68. The highest BCUT2D eigenvalue weighted by Gasteiger charge is 2.23. The number of hydrogen-bond acceptors (Lipinski definition) is 3. The zero-order valence-corrected chi connectivity index (χ0v) is 19.3. The summed E-state index contributed by atoms with van der Waals surface area (Å²) >= 11 is 5.94. The van der Waals surface area contributed by atoms with E-state index in [-0.39, 0.29) is 17.5 Å². The zero-order valence-electron chi connectivity index (χ0n) is 18.5. The van der Waals surface area contributed by atoms with Crippen molar-refractivity contribution in [2.24, 2.45) is 0 Å². The van der Waals surface area contributed by atoms with Gasteiger partial charge in [0.2, 0.25) is 0 Å². The molecule has 0 radical (unpaired) electrons. The van der Waals surface area contributed by atoms with Gasteiger partial charge in [0.05, 0.1) is 16.6 Å². The monoisotopic (exact) mass is 473 g/mol. The molecule has 172 valence electrons. The number of anilines is 1. The lowest BCUT2D eigenvalue weighted by molar-refractivity contribution is 0.0696. The normalized spacial score (nSPS) is 14.3. The molecule has 5 rings (SSSR count). The van der Waals surface area contributed by atoms with E-state index in [1.165, 1.54) is 6.42 Å². The predicted octanol–water partition coefficient (Wildman–Crippen LogP) is 6.81. The lowest BCUT2D eigenvalue weighted by Gasteiger charge is -2.25. The summed E-state index contributed by atoms with van der Waals surface area (Å²) in [5.74, 6) is -0.445. The molecule has 0 bridgehead atoms. The van der Waals surface area contributed by atoms with Gasteiger partial charge < -0.3 is 15.0 Å². The second-order valence-corrected chi connectivity index (χ2v) is 9.08. The third-order valence-corrected chi connectivity index (χ3v) is 6.61. The molecule has 0 unspecified atom stereocenters. The van der Waals surface area contributed by atoms with Crippen LogP contribution < -0.4 is 5.32 Å². The maximum atomic E-state index is 12.9. The maximum Gasteiger partial charge on any atom is 0.335 e. The lowest BCUT2D eigenvalue weighted by atomic mass is 9.94. The number of carbonyl (C=O) groups excluding carboxylic acids is 1.